The monoisotopic (exact) mass is 385 g/mol. The first-order chi connectivity index (χ1) is 14.2. The predicted octanol–water partition coefficient (Wildman–Crippen LogP) is 5.15. The molecule has 0 aliphatic carbocycles. The second kappa shape index (κ2) is 7.66. The molecule has 3 aromatic carbocycles. The van der Waals surface area contributed by atoms with E-state index in [-0.39, 0.29) is 5.60 Å². The van der Waals surface area contributed by atoms with Crippen LogP contribution in [0.2, 0.25) is 0 Å². The highest BCUT2D eigenvalue weighted by molar-refractivity contribution is 5.45. The van der Waals surface area contributed by atoms with Crippen LogP contribution in [0.25, 0.3) is 0 Å². The van der Waals surface area contributed by atoms with E-state index in [1.54, 1.807) is 0 Å². The van der Waals surface area contributed by atoms with Gasteiger partial charge in [0.15, 0.2) is 0 Å². The zero-order valence-electron chi connectivity index (χ0n) is 16.9. The molecule has 0 amide bonds. The molecule has 0 spiro atoms. The number of ether oxygens (including phenoxy) is 2. The molecule has 3 heteroatoms. The fraction of sp³-hybridized carbons (Fsp3) is 0.308. The Morgan fingerprint density at radius 2 is 1.66 bits per heavy atom. The number of hydrogen-bond acceptors (Lipinski definition) is 3. The van der Waals surface area contributed by atoms with Gasteiger partial charge in [0.2, 0.25) is 0 Å². The lowest BCUT2D eigenvalue weighted by Gasteiger charge is -2.37. The molecule has 2 heterocycles. The van der Waals surface area contributed by atoms with Crippen molar-refractivity contribution in [2.75, 3.05) is 13.1 Å². The summed E-state index contributed by atoms with van der Waals surface area (Å²) in [6.07, 6.45) is 0. The lowest BCUT2D eigenvalue weighted by atomic mass is 9.81. The molecule has 148 valence electrons. The van der Waals surface area contributed by atoms with Crippen LogP contribution in [0, 0.1) is 0 Å². The maximum Gasteiger partial charge on any atom is 0.125 e. The lowest BCUT2D eigenvalue weighted by molar-refractivity contribution is -0.0577. The van der Waals surface area contributed by atoms with E-state index in [0.717, 1.165) is 25.4 Å². The Morgan fingerprint density at radius 3 is 2.41 bits per heavy atom. The molecular weight excluding hydrogens is 358 g/mol. The standard InChI is InChI=1S/C26H27NO2/c1-26-19-27(15-20-9-4-2-5-10-20)16-24(26)22-13-8-14-25(23(22)18-29-26)28-17-21-11-6-3-7-12-21/h2-14,24H,15-19H2,1H3/t24-,26?/m1/s1. The molecule has 0 bridgehead atoms. The normalized spacial score (nSPS) is 23.4. The molecule has 1 saturated heterocycles. The van der Waals surface area contributed by atoms with E-state index in [1.165, 1.54) is 22.3 Å². The van der Waals surface area contributed by atoms with Crippen LogP contribution in [0.5, 0.6) is 5.75 Å². The van der Waals surface area contributed by atoms with Crippen molar-refractivity contribution < 1.29 is 9.47 Å². The highest BCUT2D eigenvalue weighted by Gasteiger charge is 2.48. The van der Waals surface area contributed by atoms with Gasteiger partial charge in [0.1, 0.15) is 12.4 Å². The average molecular weight is 386 g/mol. The molecule has 29 heavy (non-hydrogen) atoms. The van der Waals surface area contributed by atoms with Gasteiger partial charge in [-0.1, -0.05) is 72.8 Å². The van der Waals surface area contributed by atoms with Crippen molar-refractivity contribution in [3.05, 3.63) is 101 Å². The smallest absolute Gasteiger partial charge is 0.125 e. The fourth-order valence-electron chi connectivity index (χ4n) is 4.78. The predicted molar refractivity (Wildman–Crippen MR) is 115 cm³/mol. The minimum atomic E-state index is -0.139. The molecule has 1 fully saturated rings. The molecule has 0 aromatic heterocycles. The summed E-state index contributed by atoms with van der Waals surface area (Å²) in [6, 6.07) is 27.5. The van der Waals surface area contributed by atoms with Crippen LogP contribution in [0.1, 0.15) is 35.1 Å². The van der Waals surface area contributed by atoms with Crippen molar-refractivity contribution in [2.24, 2.45) is 0 Å². The Hall–Kier alpha value is -2.62. The summed E-state index contributed by atoms with van der Waals surface area (Å²) in [5.74, 6) is 1.32. The zero-order valence-corrected chi connectivity index (χ0v) is 16.9. The van der Waals surface area contributed by atoms with Gasteiger partial charge in [-0.2, -0.15) is 0 Å². The first kappa shape index (κ1) is 18.4. The molecule has 0 saturated carbocycles. The Balaban J connectivity index is 1.36. The van der Waals surface area contributed by atoms with Gasteiger partial charge in [0.25, 0.3) is 0 Å². The third-order valence-corrected chi connectivity index (χ3v) is 6.29. The molecule has 2 aliphatic rings. The van der Waals surface area contributed by atoms with Crippen LogP contribution in [-0.2, 0) is 24.5 Å². The second-order valence-corrected chi connectivity index (χ2v) is 8.41. The van der Waals surface area contributed by atoms with Crippen molar-refractivity contribution in [3.63, 3.8) is 0 Å². The fourth-order valence-corrected chi connectivity index (χ4v) is 4.78. The Kier molecular flexibility index (Phi) is 4.86. The molecular formula is C26H27NO2. The third kappa shape index (κ3) is 3.68. The van der Waals surface area contributed by atoms with Gasteiger partial charge in [-0.15, -0.1) is 0 Å². The van der Waals surface area contributed by atoms with Gasteiger partial charge < -0.3 is 9.47 Å². The summed E-state index contributed by atoms with van der Waals surface area (Å²) in [4.78, 5) is 2.52. The van der Waals surface area contributed by atoms with E-state index in [1.807, 2.05) is 18.2 Å². The minimum Gasteiger partial charge on any atom is -0.489 e. The van der Waals surface area contributed by atoms with E-state index < -0.39 is 0 Å². The number of benzene rings is 3. The Labute approximate surface area is 172 Å². The highest BCUT2D eigenvalue weighted by Crippen LogP contribution is 2.46. The maximum absolute atomic E-state index is 6.45. The van der Waals surface area contributed by atoms with E-state index >= 15 is 0 Å². The summed E-state index contributed by atoms with van der Waals surface area (Å²) in [7, 11) is 0. The van der Waals surface area contributed by atoms with Crippen LogP contribution in [0.4, 0.5) is 0 Å². The lowest BCUT2D eigenvalue weighted by Crippen LogP contribution is -2.40. The molecule has 3 nitrogen and oxygen atoms in total. The largest absolute Gasteiger partial charge is 0.489 e. The van der Waals surface area contributed by atoms with Crippen LogP contribution in [0.15, 0.2) is 78.9 Å². The number of hydrogen-bond donors (Lipinski definition) is 0. The highest BCUT2D eigenvalue weighted by atomic mass is 16.5. The molecule has 0 radical (unpaired) electrons. The summed E-state index contributed by atoms with van der Waals surface area (Å²) < 4.78 is 12.7. The number of likely N-dealkylation sites (tertiary alicyclic amines) is 1. The van der Waals surface area contributed by atoms with Crippen LogP contribution in [-0.4, -0.2) is 23.6 Å². The van der Waals surface area contributed by atoms with E-state index in [0.29, 0.717) is 19.1 Å². The summed E-state index contributed by atoms with van der Waals surface area (Å²) in [5.41, 5.74) is 5.00. The molecule has 1 unspecified atom stereocenters. The van der Waals surface area contributed by atoms with Crippen molar-refractivity contribution >= 4 is 0 Å². The van der Waals surface area contributed by atoms with E-state index in [4.69, 9.17) is 9.47 Å². The van der Waals surface area contributed by atoms with Crippen LogP contribution >= 0.6 is 0 Å². The van der Waals surface area contributed by atoms with Gasteiger partial charge in [-0.3, -0.25) is 4.90 Å². The SMILES string of the molecule is CC12CN(Cc3ccccc3)C[C@@H]1c1cccc(OCc3ccccc3)c1CO2. The third-order valence-electron chi connectivity index (χ3n) is 6.29. The van der Waals surface area contributed by atoms with Crippen molar-refractivity contribution in [2.45, 2.75) is 38.2 Å². The van der Waals surface area contributed by atoms with Crippen LogP contribution in [0.3, 0.4) is 0 Å². The van der Waals surface area contributed by atoms with Crippen molar-refractivity contribution in [3.8, 4) is 5.75 Å². The number of nitrogens with zero attached hydrogens (tertiary/aromatic N) is 1. The summed E-state index contributed by atoms with van der Waals surface area (Å²) in [5, 5.41) is 0. The molecule has 2 aliphatic heterocycles. The van der Waals surface area contributed by atoms with Gasteiger partial charge >= 0.3 is 0 Å². The van der Waals surface area contributed by atoms with Crippen molar-refractivity contribution in [1.82, 2.24) is 4.90 Å². The number of rotatable bonds is 5. The Morgan fingerprint density at radius 1 is 0.931 bits per heavy atom. The van der Waals surface area contributed by atoms with Gasteiger partial charge in [0.05, 0.1) is 12.2 Å². The quantitative estimate of drug-likeness (QED) is 0.606. The minimum absolute atomic E-state index is 0.139. The van der Waals surface area contributed by atoms with Crippen molar-refractivity contribution in [1.29, 1.82) is 0 Å². The summed E-state index contributed by atoms with van der Waals surface area (Å²) in [6.45, 7) is 6.41. The Bertz CT molecular complexity index is 973. The first-order valence-electron chi connectivity index (χ1n) is 10.4. The van der Waals surface area contributed by atoms with Gasteiger partial charge in [-0.25, -0.2) is 0 Å². The zero-order chi connectivity index (χ0) is 19.7. The molecule has 5 rings (SSSR count). The molecule has 3 aromatic rings. The molecule has 2 atom stereocenters. The molecule has 0 N–H and O–H groups in total. The second-order valence-electron chi connectivity index (χ2n) is 8.41. The first-order valence-corrected chi connectivity index (χ1v) is 10.4. The van der Waals surface area contributed by atoms with Crippen LogP contribution < -0.4 is 4.74 Å². The number of fused-ring (bicyclic) bond motifs is 3. The maximum atomic E-state index is 6.45. The van der Waals surface area contributed by atoms with Gasteiger partial charge in [-0.05, 0) is 29.7 Å². The summed E-state index contributed by atoms with van der Waals surface area (Å²) >= 11 is 0. The van der Waals surface area contributed by atoms with E-state index in [2.05, 4.69) is 72.5 Å². The van der Waals surface area contributed by atoms with Gasteiger partial charge in [0, 0.05) is 31.1 Å². The van der Waals surface area contributed by atoms with E-state index in [9.17, 15) is 0 Å². The average Bonchev–Trinajstić information content (AvgIpc) is 3.10. The topological polar surface area (TPSA) is 21.7 Å².